The van der Waals surface area contributed by atoms with Crippen LogP contribution in [-0.2, 0) is 6.42 Å². The average Bonchev–Trinajstić information content (AvgIpc) is 3.01. The highest BCUT2D eigenvalue weighted by Gasteiger charge is 2.15. The summed E-state index contributed by atoms with van der Waals surface area (Å²) >= 11 is 2.93. The molecule has 6 nitrogen and oxygen atoms in total. The van der Waals surface area contributed by atoms with Crippen molar-refractivity contribution in [2.45, 2.75) is 12.5 Å². The van der Waals surface area contributed by atoms with Crippen molar-refractivity contribution in [3.05, 3.63) is 34.5 Å². The summed E-state index contributed by atoms with van der Waals surface area (Å²) < 4.78 is 5.84. The molecule has 0 bridgehead atoms. The number of fused-ring (bicyclic) bond motifs is 1. The Morgan fingerprint density at radius 3 is 3.18 bits per heavy atom. The predicted octanol–water partition coefficient (Wildman–Crippen LogP) is 0.994. The van der Waals surface area contributed by atoms with E-state index in [-0.39, 0.29) is 6.04 Å². The van der Waals surface area contributed by atoms with Crippen molar-refractivity contribution < 1.29 is 0 Å². The van der Waals surface area contributed by atoms with Crippen LogP contribution >= 0.6 is 22.9 Å². The van der Waals surface area contributed by atoms with Crippen molar-refractivity contribution in [1.82, 2.24) is 24.4 Å². The van der Waals surface area contributed by atoms with Gasteiger partial charge in [0.25, 0.3) is 0 Å². The maximum Gasteiger partial charge on any atom is 0.193 e. The zero-order valence-electron chi connectivity index (χ0n) is 8.78. The fraction of sp³-hybridized carbons (Fsp3) is 0.222. The van der Waals surface area contributed by atoms with Crippen LogP contribution in [0.1, 0.15) is 17.4 Å². The van der Waals surface area contributed by atoms with E-state index in [2.05, 4.69) is 20.0 Å². The summed E-state index contributed by atoms with van der Waals surface area (Å²) in [6.45, 7) is 0. The van der Waals surface area contributed by atoms with E-state index in [1.807, 2.05) is 27.6 Å². The Balaban J connectivity index is 1.83. The van der Waals surface area contributed by atoms with Crippen LogP contribution in [0.3, 0.4) is 0 Å². The predicted molar refractivity (Wildman–Crippen MR) is 66.7 cm³/mol. The first-order valence-corrected chi connectivity index (χ1v) is 6.72. The van der Waals surface area contributed by atoms with Gasteiger partial charge in [-0.05, 0) is 11.5 Å². The molecule has 3 N–H and O–H groups in total. The smallest absolute Gasteiger partial charge is 0.193 e. The zero-order chi connectivity index (χ0) is 11.7. The average molecular weight is 266 g/mol. The van der Waals surface area contributed by atoms with Gasteiger partial charge in [0.05, 0.1) is 17.4 Å². The van der Waals surface area contributed by atoms with Gasteiger partial charge in [-0.1, -0.05) is 4.49 Å². The molecule has 3 heterocycles. The molecule has 1 unspecified atom stereocenters. The van der Waals surface area contributed by atoms with Crippen molar-refractivity contribution in [3.63, 3.8) is 0 Å². The standard InChI is InChI=1S/C9H10N6S2/c10-12-7(8-5-17-14-13-8)3-6-4-15-1-2-16-9(15)11-6/h1-2,4-5,7,12H,3,10H2. The molecule has 3 aromatic heterocycles. The van der Waals surface area contributed by atoms with E-state index in [9.17, 15) is 0 Å². The van der Waals surface area contributed by atoms with E-state index in [0.29, 0.717) is 6.42 Å². The Hall–Kier alpha value is -1.35. The zero-order valence-corrected chi connectivity index (χ0v) is 10.4. The van der Waals surface area contributed by atoms with Gasteiger partial charge in [-0.15, -0.1) is 16.4 Å². The van der Waals surface area contributed by atoms with E-state index >= 15 is 0 Å². The van der Waals surface area contributed by atoms with E-state index in [1.165, 1.54) is 11.5 Å². The maximum absolute atomic E-state index is 5.54. The van der Waals surface area contributed by atoms with E-state index in [4.69, 9.17) is 5.84 Å². The third-order valence-corrected chi connectivity index (χ3v) is 3.79. The van der Waals surface area contributed by atoms with Gasteiger partial charge in [-0.25, -0.2) is 4.98 Å². The molecule has 0 amide bonds. The van der Waals surface area contributed by atoms with Gasteiger partial charge in [0.2, 0.25) is 0 Å². The first-order valence-electron chi connectivity index (χ1n) is 5.01. The Labute approximate surface area is 105 Å². The summed E-state index contributed by atoms with van der Waals surface area (Å²) in [7, 11) is 0. The second-order valence-electron chi connectivity index (χ2n) is 3.58. The summed E-state index contributed by atoms with van der Waals surface area (Å²) in [5, 5.41) is 7.92. The molecule has 17 heavy (non-hydrogen) atoms. The summed E-state index contributed by atoms with van der Waals surface area (Å²) in [6, 6.07) is -0.0432. The lowest BCUT2D eigenvalue weighted by Crippen LogP contribution is -2.30. The largest absolute Gasteiger partial charge is 0.297 e. The highest BCUT2D eigenvalue weighted by atomic mass is 32.1. The molecule has 0 spiro atoms. The van der Waals surface area contributed by atoms with Gasteiger partial charge in [-0.2, -0.15) is 0 Å². The molecule has 1 atom stereocenters. The van der Waals surface area contributed by atoms with Gasteiger partial charge < -0.3 is 0 Å². The third kappa shape index (κ3) is 2.07. The van der Waals surface area contributed by atoms with Gasteiger partial charge in [0, 0.05) is 29.6 Å². The van der Waals surface area contributed by atoms with Crippen molar-refractivity contribution in [3.8, 4) is 0 Å². The van der Waals surface area contributed by atoms with Gasteiger partial charge in [0.1, 0.15) is 0 Å². The van der Waals surface area contributed by atoms with Crippen LogP contribution in [0.2, 0.25) is 0 Å². The van der Waals surface area contributed by atoms with Crippen molar-refractivity contribution >= 4 is 27.8 Å². The fourth-order valence-corrected chi connectivity index (χ4v) is 2.88. The molecule has 88 valence electrons. The van der Waals surface area contributed by atoms with E-state index in [0.717, 1.165) is 16.3 Å². The molecule has 0 aliphatic heterocycles. The van der Waals surface area contributed by atoms with Crippen molar-refractivity contribution in [1.29, 1.82) is 0 Å². The first kappa shape index (κ1) is 10.8. The SMILES string of the molecule is NNC(Cc1cn2ccsc2n1)c1csnn1. The number of aromatic nitrogens is 4. The normalized spacial score (nSPS) is 13.2. The lowest BCUT2D eigenvalue weighted by Gasteiger charge is -2.10. The number of nitrogens with zero attached hydrogens (tertiary/aromatic N) is 4. The molecule has 3 rings (SSSR count). The Kier molecular flexibility index (Phi) is 2.85. The molecule has 0 aliphatic rings. The Morgan fingerprint density at radius 1 is 1.53 bits per heavy atom. The van der Waals surface area contributed by atoms with E-state index in [1.54, 1.807) is 11.3 Å². The fourth-order valence-electron chi connectivity index (χ4n) is 1.66. The highest BCUT2D eigenvalue weighted by Crippen LogP contribution is 2.18. The molecule has 3 aromatic rings. The third-order valence-electron chi connectivity index (χ3n) is 2.49. The molecule has 0 saturated carbocycles. The number of imidazole rings is 1. The van der Waals surface area contributed by atoms with Crippen LogP contribution in [0.25, 0.3) is 4.96 Å². The van der Waals surface area contributed by atoms with Crippen LogP contribution in [0, 0.1) is 0 Å². The first-order chi connectivity index (χ1) is 8.36. The second-order valence-corrected chi connectivity index (χ2v) is 5.06. The molecule has 0 saturated heterocycles. The molecular weight excluding hydrogens is 256 g/mol. The topological polar surface area (TPSA) is 81.1 Å². The quantitative estimate of drug-likeness (QED) is 0.544. The molecule has 0 fully saturated rings. The van der Waals surface area contributed by atoms with Crippen molar-refractivity contribution in [2.75, 3.05) is 0 Å². The number of nitrogens with two attached hydrogens (primary N) is 1. The lowest BCUT2D eigenvalue weighted by atomic mass is 10.1. The minimum absolute atomic E-state index is 0.0432. The van der Waals surface area contributed by atoms with Crippen LogP contribution in [-0.4, -0.2) is 19.0 Å². The number of nitrogens with one attached hydrogen (secondary N) is 1. The number of hydrazine groups is 1. The Morgan fingerprint density at radius 2 is 2.47 bits per heavy atom. The van der Waals surface area contributed by atoms with Gasteiger partial charge >= 0.3 is 0 Å². The number of thiazole rings is 1. The Bertz CT molecular complexity index is 569. The number of hydrogen-bond donors (Lipinski definition) is 2. The number of hydrogen-bond acceptors (Lipinski definition) is 7. The monoisotopic (exact) mass is 266 g/mol. The van der Waals surface area contributed by atoms with Gasteiger partial charge in [-0.3, -0.25) is 15.7 Å². The van der Waals surface area contributed by atoms with Gasteiger partial charge in [0.15, 0.2) is 4.96 Å². The number of rotatable bonds is 4. The van der Waals surface area contributed by atoms with E-state index < -0.39 is 0 Å². The summed E-state index contributed by atoms with van der Waals surface area (Å²) in [5.74, 6) is 5.54. The minimum atomic E-state index is -0.0432. The van der Waals surface area contributed by atoms with Crippen LogP contribution in [0.5, 0.6) is 0 Å². The molecule has 0 radical (unpaired) electrons. The van der Waals surface area contributed by atoms with Crippen LogP contribution in [0.15, 0.2) is 23.2 Å². The lowest BCUT2D eigenvalue weighted by molar-refractivity contribution is 0.532. The molecular formula is C9H10N6S2. The maximum atomic E-state index is 5.54. The summed E-state index contributed by atoms with van der Waals surface area (Å²) in [4.78, 5) is 5.50. The minimum Gasteiger partial charge on any atom is -0.297 e. The van der Waals surface area contributed by atoms with Crippen LogP contribution < -0.4 is 11.3 Å². The summed E-state index contributed by atoms with van der Waals surface area (Å²) in [6.07, 6.45) is 4.71. The summed E-state index contributed by atoms with van der Waals surface area (Å²) in [5.41, 5.74) is 4.60. The molecule has 0 aliphatic carbocycles. The van der Waals surface area contributed by atoms with Crippen molar-refractivity contribution in [2.24, 2.45) is 5.84 Å². The molecule has 8 heteroatoms. The van der Waals surface area contributed by atoms with Crippen LogP contribution in [0.4, 0.5) is 0 Å². The second kappa shape index (κ2) is 4.49. The molecule has 0 aromatic carbocycles. The highest BCUT2D eigenvalue weighted by molar-refractivity contribution is 7.15.